The Balaban J connectivity index is 2.25. The van der Waals surface area contributed by atoms with Crippen molar-refractivity contribution in [3.05, 3.63) is 28.2 Å². The van der Waals surface area contributed by atoms with Crippen molar-refractivity contribution in [3.8, 4) is 0 Å². The van der Waals surface area contributed by atoms with Gasteiger partial charge in [-0.3, -0.25) is 0 Å². The Bertz CT molecular complexity index is 611. The van der Waals surface area contributed by atoms with Crippen molar-refractivity contribution in [1.82, 2.24) is 4.72 Å². The molecule has 0 aliphatic heterocycles. The van der Waals surface area contributed by atoms with E-state index in [0.717, 1.165) is 12.8 Å². The summed E-state index contributed by atoms with van der Waals surface area (Å²) in [4.78, 5) is 0.0587. The molecule has 1 aliphatic rings. The van der Waals surface area contributed by atoms with Crippen LogP contribution in [0.3, 0.4) is 0 Å². The summed E-state index contributed by atoms with van der Waals surface area (Å²) in [6, 6.07) is 4.18. The molecule has 21 heavy (non-hydrogen) atoms. The molecule has 1 saturated carbocycles. The molecule has 118 valence electrons. The molecule has 2 N–H and O–H groups in total. The summed E-state index contributed by atoms with van der Waals surface area (Å²) in [6.45, 7) is 1.93. The lowest BCUT2D eigenvalue weighted by Gasteiger charge is -2.38. The van der Waals surface area contributed by atoms with E-state index >= 15 is 0 Å². The quantitative estimate of drug-likeness (QED) is 0.874. The van der Waals surface area contributed by atoms with E-state index < -0.39 is 15.6 Å². The van der Waals surface area contributed by atoms with Gasteiger partial charge in [-0.2, -0.15) is 0 Å². The Morgan fingerprint density at radius 2 is 1.90 bits per heavy atom. The number of hydrogen-bond donors (Lipinski definition) is 2. The summed E-state index contributed by atoms with van der Waals surface area (Å²) in [6.07, 6.45) is 3.05. The highest BCUT2D eigenvalue weighted by Gasteiger charge is 2.37. The predicted octanol–water partition coefficient (Wildman–Crippen LogP) is 3.21. The van der Waals surface area contributed by atoms with E-state index in [1.807, 2.05) is 0 Å². The summed E-state index contributed by atoms with van der Waals surface area (Å²) in [5.74, 6) is 0.555. The van der Waals surface area contributed by atoms with E-state index in [4.69, 9.17) is 23.2 Å². The number of sulfonamides is 1. The number of aliphatic hydroxyl groups excluding tert-OH is 1. The maximum atomic E-state index is 12.5. The molecule has 0 unspecified atom stereocenters. The molecule has 1 aliphatic carbocycles. The predicted molar refractivity (Wildman–Crippen MR) is 84.2 cm³/mol. The number of nitrogens with one attached hydrogen (secondary N) is 1. The first-order valence-electron chi connectivity index (χ1n) is 6.88. The molecule has 1 aromatic rings. The van der Waals surface area contributed by atoms with Gasteiger partial charge in [0.2, 0.25) is 10.0 Å². The number of halogens is 2. The van der Waals surface area contributed by atoms with Gasteiger partial charge in [-0.1, -0.05) is 30.1 Å². The SMILES string of the molecule is CC1CCC(CO)(NS(=O)(=O)c2ccc(Cl)c(Cl)c2)CC1. The first-order chi connectivity index (χ1) is 9.78. The van der Waals surface area contributed by atoms with Crippen LogP contribution < -0.4 is 4.72 Å². The minimum atomic E-state index is -3.74. The summed E-state index contributed by atoms with van der Waals surface area (Å²) >= 11 is 11.7. The van der Waals surface area contributed by atoms with Crippen LogP contribution in [0.4, 0.5) is 0 Å². The lowest BCUT2D eigenvalue weighted by atomic mass is 9.78. The monoisotopic (exact) mass is 351 g/mol. The molecular weight excluding hydrogens is 333 g/mol. The van der Waals surface area contributed by atoms with Gasteiger partial charge < -0.3 is 5.11 Å². The van der Waals surface area contributed by atoms with Crippen LogP contribution in [-0.2, 0) is 10.0 Å². The van der Waals surface area contributed by atoms with Crippen LogP contribution in [0, 0.1) is 5.92 Å². The fourth-order valence-electron chi connectivity index (χ4n) is 2.60. The van der Waals surface area contributed by atoms with E-state index in [-0.39, 0.29) is 16.5 Å². The molecule has 0 atom stereocenters. The van der Waals surface area contributed by atoms with Gasteiger partial charge in [0, 0.05) is 0 Å². The van der Waals surface area contributed by atoms with Gasteiger partial charge >= 0.3 is 0 Å². The molecule has 0 bridgehead atoms. The Labute approximate surface area is 135 Å². The maximum Gasteiger partial charge on any atom is 0.241 e. The molecule has 0 heterocycles. The van der Waals surface area contributed by atoms with Crippen molar-refractivity contribution < 1.29 is 13.5 Å². The van der Waals surface area contributed by atoms with Crippen LogP contribution in [-0.4, -0.2) is 25.7 Å². The molecule has 1 aromatic carbocycles. The van der Waals surface area contributed by atoms with Crippen LogP contribution in [0.1, 0.15) is 32.6 Å². The third kappa shape index (κ3) is 3.90. The average Bonchev–Trinajstić information content (AvgIpc) is 2.44. The topological polar surface area (TPSA) is 66.4 Å². The highest BCUT2D eigenvalue weighted by molar-refractivity contribution is 7.89. The second kappa shape index (κ2) is 6.42. The molecule has 0 radical (unpaired) electrons. The molecule has 4 nitrogen and oxygen atoms in total. The zero-order valence-corrected chi connectivity index (χ0v) is 14.1. The van der Waals surface area contributed by atoms with Gasteiger partial charge in [0.25, 0.3) is 0 Å². The average molecular weight is 352 g/mol. The minimum absolute atomic E-state index is 0.0587. The van der Waals surface area contributed by atoms with Crippen molar-refractivity contribution in [2.45, 2.75) is 43.0 Å². The maximum absolute atomic E-state index is 12.5. The van der Waals surface area contributed by atoms with E-state index in [2.05, 4.69) is 11.6 Å². The van der Waals surface area contributed by atoms with Crippen LogP contribution in [0.25, 0.3) is 0 Å². The third-order valence-corrected chi connectivity index (χ3v) is 6.40. The number of hydrogen-bond acceptors (Lipinski definition) is 3. The smallest absolute Gasteiger partial charge is 0.241 e. The molecule has 0 amide bonds. The second-order valence-corrected chi connectivity index (χ2v) is 8.30. The zero-order chi connectivity index (χ0) is 15.7. The Hall–Kier alpha value is -0.330. The highest BCUT2D eigenvalue weighted by atomic mass is 35.5. The molecule has 1 fully saturated rings. The minimum Gasteiger partial charge on any atom is -0.394 e. The molecular formula is C14H19Cl2NO3S. The molecule has 7 heteroatoms. The van der Waals surface area contributed by atoms with Crippen molar-refractivity contribution in [3.63, 3.8) is 0 Å². The highest BCUT2D eigenvalue weighted by Crippen LogP contribution is 2.33. The largest absolute Gasteiger partial charge is 0.394 e. The van der Waals surface area contributed by atoms with Crippen LogP contribution in [0.5, 0.6) is 0 Å². The van der Waals surface area contributed by atoms with Gasteiger partial charge in [-0.25, -0.2) is 13.1 Å². The van der Waals surface area contributed by atoms with E-state index in [0.29, 0.717) is 23.8 Å². The van der Waals surface area contributed by atoms with Crippen LogP contribution in [0.15, 0.2) is 23.1 Å². The second-order valence-electron chi connectivity index (χ2n) is 5.80. The van der Waals surface area contributed by atoms with E-state index in [1.165, 1.54) is 18.2 Å². The number of aliphatic hydroxyl groups is 1. The molecule has 2 rings (SSSR count). The number of rotatable bonds is 4. The lowest BCUT2D eigenvalue weighted by Crippen LogP contribution is -2.53. The van der Waals surface area contributed by atoms with Crippen molar-refractivity contribution in [1.29, 1.82) is 0 Å². The first-order valence-corrected chi connectivity index (χ1v) is 9.12. The van der Waals surface area contributed by atoms with Gasteiger partial charge in [0.05, 0.1) is 27.1 Å². The van der Waals surface area contributed by atoms with Crippen molar-refractivity contribution >= 4 is 33.2 Å². The molecule has 0 spiro atoms. The summed E-state index contributed by atoms with van der Waals surface area (Å²) in [5.41, 5.74) is -0.780. The summed E-state index contributed by atoms with van der Waals surface area (Å²) < 4.78 is 27.6. The van der Waals surface area contributed by atoms with Crippen LogP contribution in [0.2, 0.25) is 10.0 Å². The normalized spacial score (nSPS) is 26.8. The van der Waals surface area contributed by atoms with Gasteiger partial charge in [-0.15, -0.1) is 0 Å². The first kappa shape index (κ1) is 17.0. The number of benzene rings is 1. The molecule has 0 aromatic heterocycles. The third-order valence-electron chi connectivity index (χ3n) is 4.09. The Morgan fingerprint density at radius 3 is 2.43 bits per heavy atom. The lowest BCUT2D eigenvalue weighted by molar-refractivity contribution is 0.125. The standard InChI is InChI=1S/C14H19Cl2NO3S/c1-10-4-6-14(9-18,7-5-10)17-21(19,20)11-2-3-12(15)13(16)8-11/h2-3,8,10,17-18H,4-7,9H2,1H3. The van der Waals surface area contributed by atoms with Gasteiger partial charge in [0.15, 0.2) is 0 Å². The van der Waals surface area contributed by atoms with Crippen molar-refractivity contribution in [2.75, 3.05) is 6.61 Å². The van der Waals surface area contributed by atoms with Crippen LogP contribution >= 0.6 is 23.2 Å². The summed E-state index contributed by atoms with van der Waals surface area (Å²) in [5, 5.41) is 10.2. The Kier molecular flexibility index (Phi) is 5.21. The zero-order valence-electron chi connectivity index (χ0n) is 11.8. The summed E-state index contributed by atoms with van der Waals surface area (Å²) in [7, 11) is -3.74. The van der Waals surface area contributed by atoms with E-state index in [1.54, 1.807) is 0 Å². The molecule has 0 saturated heterocycles. The Morgan fingerprint density at radius 1 is 1.29 bits per heavy atom. The van der Waals surface area contributed by atoms with Crippen molar-refractivity contribution in [2.24, 2.45) is 5.92 Å². The van der Waals surface area contributed by atoms with E-state index in [9.17, 15) is 13.5 Å². The fourth-order valence-corrected chi connectivity index (χ4v) is 4.43. The fraction of sp³-hybridized carbons (Fsp3) is 0.571. The van der Waals surface area contributed by atoms with Gasteiger partial charge in [0.1, 0.15) is 0 Å². The van der Waals surface area contributed by atoms with Gasteiger partial charge in [-0.05, 0) is 49.8 Å².